The molecule has 0 spiro atoms. The minimum absolute atomic E-state index is 0.121. The van der Waals surface area contributed by atoms with Crippen LogP contribution < -0.4 is 10.6 Å². The van der Waals surface area contributed by atoms with Gasteiger partial charge < -0.3 is 10.1 Å². The molecule has 1 aromatic carbocycles. The van der Waals surface area contributed by atoms with Crippen molar-refractivity contribution in [1.82, 2.24) is 20.4 Å². The number of hydrogen-bond acceptors (Lipinski definition) is 5. The number of nitrogens with zero attached hydrogens (tertiary/aromatic N) is 3. The van der Waals surface area contributed by atoms with E-state index >= 15 is 0 Å². The largest absolute Gasteiger partial charge is 0.379 e. The Balaban J connectivity index is 1.71. The molecule has 0 aliphatic carbocycles. The zero-order valence-corrected chi connectivity index (χ0v) is 16.3. The van der Waals surface area contributed by atoms with E-state index in [4.69, 9.17) is 16.3 Å². The summed E-state index contributed by atoms with van der Waals surface area (Å²) < 4.78 is 5.32. The molecule has 8 nitrogen and oxygen atoms in total. The molecule has 0 radical (unpaired) electrons. The number of hydrogen-bond donors (Lipinski definition) is 3. The maximum absolute atomic E-state index is 12.4. The second-order valence-corrected chi connectivity index (χ2v) is 7.34. The lowest BCUT2D eigenvalue weighted by Crippen LogP contribution is -2.46. The Morgan fingerprint density at radius 2 is 2.19 bits per heavy atom. The molecule has 1 fully saturated rings. The number of rotatable bonds is 5. The molecule has 2 heterocycles. The predicted molar refractivity (Wildman–Crippen MR) is 107 cm³/mol. The van der Waals surface area contributed by atoms with Crippen molar-refractivity contribution in [3.8, 4) is 0 Å². The summed E-state index contributed by atoms with van der Waals surface area (Å²) in [5, 5.41) is 14.7. The summed E-state index contributed by atoms with van der Waals surface area (Å²) in [5.41, 5.74) is 0.852. The highest BCUT2D eigenvalue weighted by Gasteiger charge is 2.16. The van der Waals surface area contributed by atoms with Gasteiger partial charge in [0, 0.05) is 30.0 Å². The van der Waals surface area contributed by atoms with Gasteiger partial charge in [-0.2, -0.15) is 5.10 Å². The van der Waals surface area contributed by atoms with Gasteiger partial charge in [0.2, 0.25) is 11.9 Å². The molecule has 1 amide bonds. The van der Waals surface area contributed by atoms with Crippen LogP contribution in [0.2, 0.25) is 5.02 Å². The highest BCUT2D eigenvalue weighted by molar-refractivity contribution is 6.31. The van der Waals surface area contributed by atoms with E-state index in [1.54, 1.807) is 6.07 Å². The summed E-state index contributed by atoms with van der Waals surface area (Å²) in [4.78, 5) is 19.0. The van der Waals surface area contributed by atoms with Crippen LogP contribution in [0.25, 0.3) is 10.9 Å². The van der Waals surface area contributed by atoms with Gasteiger partial charge in [-0.25, -0.2) is 0 Å². The number of carbonyl (C=O) groups is 1. The van der Waals surface area contributed by atoms with Crippen molar-refractivity contribution in [2.75, 3.05) is 44.7 Å². The smallest absolute Gasteiger partial charge is 0.240 e. The molecule has 0 bridgehead atoms. The second kappa shape index (κ2) is 9.16. The molecule has 146 valence electrons. The summed E-state index contributed by atoms with van der Waals surface area (Å²) in [6.07, 6.45) is 0. The number of morpholine rings is 1. The number of aromatic amines is 1. The number of amides is 1. The van der Waals surface area contributed by atoms with Gasteiger partial charge in [-0.05, 0) is 24.1 Å². The van der Waals surface area contributed by atoms with E-state index in [1.165, 1.54) is 0 Å². The van der Waals surface area contributed by atoms with Crippen molar-refractivity contribution < 1.29 is 9.53 Å². The van der Waals surface area contributed by atoms with E-state index in [9.17, 15) is 4.79 Å². The number of halogens is 1. The van der Waals surface area contributed by atoms with Crippen LogP contribution in [-0.2, 0) is 9.53 Å². The van der Waals surface area contributed by atoms with Crippen LogP contribution >= 0.6 is 11.6 Å². The molecular formula is C18H25ClN6O2. The number of H-pyrrole nitrogens is 1. The third-order valence-corrected chi connectivity index (χ3v) is 4.34. The third-order valence-electron chi connectivity index (χ3n) is 4.10. The second-order valence-electron chi connectivity index (χ2n) is 6.91. The van der Waals surface area contributed by atoms with Gasteiger partial charge in [0.15, 0.2) is 5.82 Å². The number of nitrogens with one attached hydrogen (secondary N) is 3. The van der Waals surface area contributed by atoms with Gasteiger partial charge in [0.05, 0.1) is 25.3 Å². The van der Waals surface area contributed by atoms with Gasteiger partial charge in [-0.3, -0.25) is 25.1 Å². The van der Waals surface area contributed by atoms with Crippen LogP contribution in [0.15, 0.2) is 23.2 Å². The van der Waals surface area contributed by atoms with E-state index in [0.717, 1.165) is 24.0 Å². The Bertz CT molecular complexity index is 813. The number of benzene rings is 1. The first-order valence-electron chi connectivity index (χ1n) is 9.06. The average Bonchev–Trinajstić information content (AvgIpc) is 3.02. The molecule has 0 unspecified atom stereocenters. The summed E-state index contributed by atoms with van der Waals surface area (Å²) in [7, 11) is 0. The summed E-state index contributed by atoms with van der Waals surface area (Å²) >= 11 is 6.09. The fourth-order valence-electron chi connectivity index (χ4n) is 2.71. The van der Waals surface area contributed by atoms with Crippen molar-refractivity contribution in [1.29, 1.82) is 0 Å². The maximum Gasteiger partial charge on any atom is 0.240 e. The molecule has 1 aliphatic heterocycles. The molecule has 27 heavy (non-hydrogen) atoms. The first kappa shape index (κ1) is 19.6. The Morgan fingerprint density at radius 3 is 2.93 bits per heavy atom. The molecule has 0 saturated carbocycles. The van der Waals surface area contributed by atoms with Gasteiger partial charge in [-0.15, -0.1) is 0 Å². The molecule has 3 rings (SSSR count). The Kier molecular flexibility index (Phi) is 6.65. The van der Waals surface area contributed by atoms with Gasteiger partial charge >= 0.3 is 0 Å². The summed E-state index contributed by atoms with van der Waals surface area (Å²) in [6, 6.07) is 5.47. The SMILES string of the molecule is CC(C)CN=C(NC(=O)CN1CCOCC1)Nc1n[nH]c2ccc(Cl)cc12. The van der Waals surface area contributed by atoms with Crippen molar-refractivity contribution in [3.63, 3.8) is 0 Å². The zero-order valence-electron chi connectivity index (χ0n) is 15.6. The van der Waals surface area contributed by atoms with E-state index in [2.05, 4.69) is 44.6 Å². The molecule has 3 N–H and O–H groups in total. The Labute approximate surface area is 163 Å². The normalized spacial score (nSPS) is 16.1. The molecule has 2 aromatic rings. The first-order valence-corrected chi connectivity index (χ1v) is 9.44. The Hall–Kier alpha value is -2.16. The lowest BCUT2D eigenvalue weighted by Gasteiger charge is -2.25. The van der Waals surface area contributed by atoms with Crippen LogP contribution in [0.5, 0.6) is 0 Å². The number of fused-ring (bicyclic) bond motifs is 1. The number of anilines is 1. The monoisotopic (exact) mass is 392 g/mol. The minimum atomic E-state index is -0.121. The third kappa shape index (κ3) is 5.66. The highest BCUT2D eigenvalue weighted by atomic mass is 35.5. The van der Waals surface area contributed by atoms with Crippen LogP contribution in [-0.4, -0.2) is 66.4 Å². The van der Waals surface area contributed by atoms with E-state index in [1.807, 2.05) is 12.1 Å². The van der Waals surface area contributed by atoms with Crippen molar-refractivity contribution in [2.24, 2.45) is 10.9 Å². The fraction of sp³-hybridized carbons (Fsp3) is 0.500. The quantitative estimate of drug-likeness (QED) is 0.535. The standard InChI is InChI=1S/C18H25ClN6O2/c1-12(2)10-20-18(21-16(26)11-25-5-7-27-8-6-25)22-17-14-9-13(19)3-4-15(14)23-24-17/h3-4,9,12H,5-8,10-11H2,1-2H3,(H3,20,21,22,23,24,26). The van der Waals surface area contributed by atoms with Crippen LogP contribution in [0.3, 0.4) is 0 Å². The average molecular weight is 393 g/mol. The van der Waals surface area contributed by atoms with Gasteiger partial charge in [-0.1, -0.05) is 25.4 Å². The molecule has 1 aromatic heterocycles. The number of guanidine groups is 1. The minimum Gasteiger partial charge on any atom is -0.379 e. The Morgan fingerprint density at radius 1 is 1.41 bits per heavy atom. The van der Waals surface area contributed by atoms with E-state index in [-0.39, 0.29) is 5.91 Å². The van der Waals surface area contributed by atoms with Crippen molar-refractivity contribution >= 4 is 40.2 Å². The maximum atomic E-state index is 12.4. The molecule has 0 atom stereocenters. The van der Waals surface area contributed by atoms with Crippen molar-refractivity contribution in [2.45, 2.75) is 13.8 Å². The van der Waals surface area contributed by atoms with Crippen molar-refractivity contribution in [3.05, 3.63) is 23.2 Å². The lowest BCUT2D eigenvalue weighted by atomic mass is 10.2. The lowest BCUT2D eigenvalue weighted by molar-refractivity contribution is -0.121. The molecule has 1 saturated heterocycles. The first-order chi connectivity index (χ1) is 13.0. The number of carbonyl (C=O) groups excluding carboxylic acids is 1. The zero-order chi connectivity index (χ0) is 19.2. The number of ether oxygens (including phenoxy) is 1. The van der Waals surface area contributed by atoms with E-state index < -0.39 is 0 Å². The summed E-state index contributed by atoms with van der Waals surface area (Å²) in [6.45, 7) is 7.84. The number of aromatic nitrogens is 2. The van der Waals surface area contributed by atoms with Gasteiger partial charge in [0.25, 0.3) is 0 Å². The number of aliphatic imine (C=N–C) groups is 1. The van der Waals surface area contributed by atoms with Crippen LogP contribution in [0.1, 0.15) is 13.8 Å². The summed E-state index contributed by atoms with van der Waals surface area (Å²) in [5.74, 6) is 1.20. The fourth-order valence-corrected chi connectivity index (χ4v) is 2.88. The van der Waals surface area contributed by atoms with Gasteiger partial charge in [0.1, 0.15) is 0 Å². The van der Waals surface area contributed by atoms with Crippen LogP contribution in [0.4, 0.5) is 5.82 Å². The van der Waals surface area contributed by atoms with Crippen LogP contribution in [0, 0.1) is 5.92 Å². The molecule has 1 aliphatic rings. The van der Waals surface area contributed by atoms with E-state index in [0.29, 0.717) is 49.0 Å². The molecular weight excluding hydrogens is 368 g/mol. The topological polar surface area (TPSA) is 94.6 Å². The molecule has 9 heteroatoms. The predicted octanol–water partition coefficient (Wildman–Crippen LogP) is 2.09. The highest BCUT2D eigenvalue weighted by Crippen LogP contribution is 2.23.